The molecule has 1 heterocycles. The van der Waals surface area contributed by atoms with Gasteiger partial charge in [-0.05, 0) is 35.4 Å². The Balaban J connectivity index is 1.87. The summed E-state index contributed by atoms with van der Waals surface area (Å²) in [6.07, 6.45) is 3.23. The molecule has 3 rings (SSSR count). The van der Waals surface area contributed by atoms with E-state index < -0.39 is 5.97 Å². The van der Waals surface area contributed by atoms with Crippen LogP contribution in [0.15, 0.2) is 61.0 Å². The number of hydrogen-bond acceptors (Lipinski definition) is 4. The minimum Gasteiger partial charge on any atom is -0.478 e. The van der Waals surface area contributed by atoms with E-state index in [1.54, 1.807) is 30.7 Å². The van der Waals surface area contributed by atoms with Crippen molar-refractivity contribution in [1.29, 1.82) is 0 Å². The summed E-state index contributed by atoms with van der Waals surface area (Å²) >= 11 is 0. The van der Waals surface area contributed by atoms with Crippen molar-refractivity contribution in [3.63, 3.8) is 0 Å². The average Bonchev–Trinajstić information content (AvgIpc) is 3.02. The van der Waals surface area contributed by atoms with Crippen LogP contribution in [0, 0.1) is 0 Å². The molecule has 0 radical (unpaired) electrons. The molecule has 100 valence electrons. The second-order valence-corrected chi connectivity index (χ2v) is 4.26. The first-order chi connectivity index (χ1) is 9.74. The summed E-state index contributed by atoms with van der Waals surface area (Å²) in [7, 11) is 0. The van der Waals surface area contributed by atoms with Crippen LogP contribution >= 0.6 is 0 Å². The van der Waals surface area contributed by atoms with Crippen LogP contribution in [0.1, 0.15) is 10.4 Å². The lowest BCUT2D eigenvalue weighted by Gasteiger charge is -2.16. The molecule has 5 nitrogen and oxygen atoms in total. The minimum atomic E-state index is -0.927. The maximum atomic E-state index is 11.0. The molecule has 0 aromatic heterocycles. The Labute approximate surface area is 115 Å². The van der Waals surface area contributed by atoms with Crippen molar-refractivity contribution >= 4 is 11.7 Å². The normalized spacial score (nSPS) is 12.9. The minimum absolute atomic E-state index is 0.278. The van der Waals surface area contributed by atoms with Gasteiger partial charge < -0.3 is 9.94 Å². The van der Waals surface area contributed by atoms with Crippen molar-refractivity contribution in [2.45, 2.75) is 0 Å². The Morgan fingerprint density at radius 3 is 2.55 bits per heavy atom. The Kier molecular flexibility index (Phi) is 3.01. The topological polar surface area (TPSA) is 61.8 Å². The van der Waals surface area contributed by atoms with Gasteiger partial charge >= 0.3 is 5.97 Å². The fourth-order valence-electron chi connectivity index (χ4n) is 1.98. The molecule has 2 aromatic carbocycles. The zero-order chi connectivity index (χ0) is 13.9. The Hall–Kier alpha value is -2.95. The highest BCUT2D eigenvalue weighted by atomic mass is 16.7. The SMILES string of the molecule is O=C(O)c1cccc(-c2ccc(N3NC=CO3)cc2)c1. The lowest BCUT2D eigenvalue weighted by Crippen LogP contribution is -2.27. The van der Waals surface area contributed by atoms with Crippen LogP contribution in [0.4, 0.5) is 5.69 Å². The molecule has 20 heavy (non-hydrogen) atoms. The van der Waals surface area contributed by atoms with Crippen LogP contribution in [0.25, 0.3) is 11.1 Å². The number of benzene rings is 2. The summed E-state index contributed by atoms with van der Waals surface area (Å²) in [6, 6.07) is 14.5. The summed E-state index contributed by atoms with van der Waals surface area (Å²) in [6.45, 7) is 0. The fourth-order valence-corrected chi connectivity index (χ4v) is 1.98. The van der Waals surface area contributed by atoms with E-state index in [1.165, 1.54) is 5.17 Å². The van der Waals surface area contributed by atoms with Crippen LogP contribution in [-0.2, 0) is 4.84 Å². The molecule has 1 aliphatic heterocycles. The van der Waals surface area contributed by atoms with Gasteiger partial charge in [-0.3, -0.25) is 5.43 Å². The number of anilines is 1. The Bertz CT molecular complexity index is 657. The number of nitrogens with one attached hydrogen (secondary N) is 1. The number of hydrogen-bond donors (Lipinski definition) is 2. The zero-order valence-electron chi connectivity index (χ0n) is 10.5. The third-order valence-electron chi connectivity index (χ3n) is 2.97. The number of carboxylic acids is 1. The van der Waals surface area contributed by atoms with Crippen LogP contribution < -0.4 is 10.6 Å². The van der Waals surface area contributed by atoms with Crippen molar-refractivity contribution in [2.75, 3.05) is 5.17 Å². The molecule has 0 spiro atoms. The van der Waals surface area contributed by atoms with E-state index in [9.17, 15) is 4.79 Å². The highest BCUT2D eigenvalue weighted by Gasteiger charge is 2.09. The summed E-state index contributed by atoms with van der Waals surface area (Å²) in [5.41, 5.74) is 5.86. The van der Waals surface area contributed by atoms with Crippen molar-refractivity contribution in [2.24, 2.45) is 0 Å². The molecule has 0 aliphatic carbocycles. The number of nitrogens with zero attached hydrogens (tertiary/aromatic N) is 1. The van der Waals surface area contributed by atoms with Gasteiger partial charge in [0, 0.05) is 0 Å². The molecule has 5 heteroatoms. The van der Waals surface area contributed by atoms with Crippen molar-refractivity contribution in [3.8, 4) is 11.1 Å². The van der Waals surface area contributed by atoms with Crippen LogP contribution in [-0.4, -0.2) is 11.1 Å². The first kappa shape index (κ1) is 12.1. The predicted octanol–water partition coefficient (Wildman–Crippen LogP) is 2.78. The lowest BCUT2D eigenvalue weighted by molar-refractivity contribution is 0.0697. The van der Waals surface area contributed by atoms with Crippen LogP contribution in [0.3, 0.4) is 0 Å². The second-order valence-electron chi connectivity index (χ2n) is 4.26. The lowest BCUT2D eigenvalue weighted by atomic mass is 10.0. The third kappa shape index (κ3) is 2.29. The van der Waals surface area contributed by atoms with Gasteiger partial charge in [-0.15, -0.1) is 5.17 Å². The molecule has 2 N–H and O–H groups in total. The second kappa shape index (κ2) is 4.97. The molecule has 0 amide bonds. The van der Waals surface area contributed by atoms with E-state index in [0.717, 1.165) is 16.8 Å². The average molecular weight is 268 g/mol. The van der Waals surface area contributed by atoms with Crippen LogP contribution in [0.2, 0.25) is 0 Å². The summed E-state index contributed by atoms with van der Waals surface area (Å²) < 4.78 is 0. The van der Waals surface area contributed by atoms with E-state index >= 15 is 0 Å². The largest absolute Gasteiger partial charge is 0.478 e. The van der Waals surface area contributed by atoms with E-state index in [4.69, 9.17) is 9.94 Å². The van der Waals surface area contributed by atoms with Crippen molar-refractivity contribution in [1.82, 2.24) is 5.43 Å². The summed E-state index contributed by atoms with van der Waals surface area (Å²) in [5.74, 6) is -0.927. The summed E-state index contributed by atoms with van der Waals surface area (Å²) in [5, 5.41) is 10.5. The van der Waals surface area contributed by atoms with Gasteiger partial charge in [0.2, 0.25) is 0 Å². The van der Waals surface area contributed by atoms with Crippen molar-refractivity contribution < 1.29 is 14.7 Å². The molecule has 0 atom stereocenters. The molecule has 0 bridgehead atoms. The molecule has 1 aliphatic rings. The van der Waals surface area contributed by atoms with Gasteiger partial charge in [-0.2, -0.15) is 0 Å². The summed E-state index contributed by atoms with van der Waals surface area (Å²) in [4.78, 5) is 16.2. The van der Waals surface area contributed by atoms with Gasteiger partial charge in [0.05, 0.1) is 17.5 Å². The Morgan fingerprint density at radius 1 is 1.10 bits per heavy atom. The van der Waals surface area contributed by atoms with Gasteiger partial charge in [0.25, 0.3) is 0 Å². The monoisotopic (exact) mass is 268 g/mol. The quantitative estimate of drug-likeness (QED) is 0.896. The highest BCUT2D eigenvalue weighted by Crippen LogP contribution is 2.24. The van der Waals surface area contributed by atoms with E-state index in [1.807, 2.05) is 30.3 Å². The molecular formula is C15H12N2O3. The number of carbonyl (C=O) groups is 1. The zero-order valence-corrected chi connectivity index (χ0v) is 10.5. The molecule has 0 fully saturated rings. The maximum absolute atomic E-state index is 11.0. The van der Waals surface area contributed by atoms with Crippen molar-refractivity contribution in [3.05, 3.63) is 66.6 Å². The predicted molar refractivity (Wildman–Crippen MR) is 74.7 cm³/mol. The molecule has 0 saturated carbocycles. The number of carboxylic acid groups (broad SMARTS) is 1. The maximum Gasteiger partial charge on any atom is 0.335 e. The first-order valence-corrected chi connectivity index (χ1v) is 6.06. The van der Waals surface area contributed by atoms with E-state index in [-0.39, 0.29) is 5.56 Å². The number of hydrazine groups is 1. The number of aromatic carboxylic acids is 1. The first-order valence-electron chi connectivity index (χ1n) is 6.06. The van der Waals surface area contributed by atoms with Gasteiger partial charge in [-0.1, -0.05) is 24.3 Å². The standard InChI is InChI=1S/C15H12N2O3/c18-15(19)13-3-1-2-12(10-13)11-4-6-14(7-5-11)17-16-8-9-20-17/h1-10,16H,(H,18,19). The highest BCUT2D eigenvalue weighted by molar-refractivity contribution is 5.89. The van der Waals surface area contributed by atoms with E-state index in [2.05, 4.69) is 5.43 Å². The molecule has 0 unspecified atom stereocenters. The molecular weight excluding hydrogens is 256 g/mol. The fraction of sp³-hybridized carbons (Fsp3) is 0. The van der Waals surface area contributed by atoms with E-state index in [0.29, 0.717) is 0 Å². The van der Waals surface area contributed by atoms with Gasteiger partial charge in [0.15, 0.2) is 0 Å². The molecule has 0 saturated heterocycles. The third-order valence-corrected chi connectivity index (χ3v) is 2.97. The van der Waals surface area contributed by atoms with Gasteiger partial charge in [0.1, 0.15) is 6.26 Å². The molecule has 2 aromatic rings. The number of rotatable bonds is 3. The van der Waals surface area contributed by atoms with Gasteiger partial charge in [-0.25, -0.2) is 4.79 Å². The smallest absolute Gasteiger partial charge is 0.335 e. The Morgan fingerprint density at radius 2 is 1.90 bits per heavy atom. The van der Waals surface area contributed by atoms with Crippen LogP contribution in [0.5, 0.6) is 0 Å².